The maximum absolute atomic E-state index is 14.0. The third kappa shape index (κ3) is 4.29. The Balaban J connectivity index is 1.42. The summed E-state index contributed by atoms with van der Waals surface area (Å²) in [5.41, 5.74) is 6.83. The van der Waals surface area contributed by atoms with Crippen LogP contribution in [0.3, 0.4) is 0 Å². The number of amides is 2. The van der Waals surface area contributed by atoms with Crippen LogP contribution in [-0.4, -0.2) is 39.0 Å². The molecule has 2 aliphatic rings. The molecule has 35 heavy (non-hydrogen) atoms. The smallest absolute Gasteiger partial charge is 0.252 e. The number of hydrogen-bond acceptors (Lipinski definition) is 3. The predicted molar refractivity (Wildman–Crippen MR) is 123 cm³/mol. The van der Waals surface area contributed by atoms with Crippen molar-refractivity contribution in [3.8, 4) is 11.3 Å². The van der Waals surface area contributed by atoms with Gasteiger partial charge in [0.05, 0.1) is 24.3 Å². The molecule has 0 atom stereocenters. The number of alkyl halides is 2. The fourth-order valence-corrected chi connectivity index (χ4v) is 5.39. The van der Waals surface area contributed by atoms with Crippen molar-refractivity contribution in [3.05, 3.63) is 76.2 Å². The Hall–Kier alpha value is -3.33. The maximum atomic E-state index is 14.0. The van der Waals surface area contributed by atoms with E-state index in [9.17, 15) is 22.8 Å². The highest BCUT2D eigenvalue weighted by atomic mass is 35.5. The summed E-state index contributed by atoms with van der Waals surface area (Å²) in [6.45, 7) is 0.693. The number of fused-ring (bicyclic) bond motifs is 1. The van der Waals surface area contributed by atoms with Crippen LogP contribution in [0.5, 0.6) is 0 Å². The van der Waals surface area contributed by atoms with Crippen molar-refractivity contribution in [3.63, 3.8) is 0 Å². The van der Waals surface area contributed by atoms with E-state index in [0.717, 1.165) is 0 Å². The summed E-state index contributed by atoms with van der Waals surface area (Å²) in [4.78, 5) is 27.2. The molecule has 5 rings (SSSR count). The zero-order valence-electron chi connectivity index (χ0n) is 18.6. The molecule has 2 N–H and O–H groups in total. The van der Waals surface area contributed by atoms with Gasteiger partial charge >= 0.3 is 0 Å². The van der Waals surface area contributed by atoms with E-state index < -0.39 is 35.9 Å². The van der Waals surface area contributed by atoms with Crippen molar-refractivity contribution >= 4 is 23.4 Å². The van der Waals surface area contributed by atoms with E-state index in [1.165, 1.54) is 29.2 Å². The molecule has 1 saturated carbocycles. The molecule has 3 aromatic rings. The summed E-state index contributed by atoms with van der Waals surface area (Å²) in [5.74, 6) is -4.35. The molecule has 2 heterocycles. The largest absolute Gasteiger partial charge is 0.365 e. The van der Waals surface area contributed by atoms with Crippen LogP contribution in [0, 0.1) is 5.82 Å². The topological polar surface area (TPSA) is 81.2 Å². The normalized spacial score (nSPS) is 18.0. The van der Waals surface area contributed by atoms with E-state index in [4.69, 9.17) is 17.3 Å². The van der Waals surface area contributed by atoms with E-state index in [1.54, 1.807) is 28.9 Å². The Labute approximate surface area is 204 Å². The van der Waals surface area contributed by atoms with E-state index in [-0.39, 0.29) is 24.4 Å². The molecule has 6 nitrogen and oxygen atoms in total. The Kier molecular flexibility index (Phi) is 5.62. The monoisotopic (exact) mass is 502 g/mol. The summed E-state index contributed by atoms with van der Waals surface area (Å²) in [6, 6.07) is 12.2. The third-order valence-electron chi connectivity index (χ3n) is 6.82. The molecule has 1 aromatic heterocycles. The maximum Gasteiger partial charge on any atom is 0.252 e. The highest BCUT2D eigenvalue weighted by Crippen LogP contribution is 2.55. The van der Waals surface area contributed by atoms with Gasteiger partial charge in [-0.05, 0) is 29.8 Å². The number of nitrogens with two attached hydrogens (primary N) is 1. The van der Waals surface area contributed by atoms with Crippen LogP contribution in [0.25, 0.3) is 11.3 Å². The summed E-state index contributed by atoms with van der Waals surface area (Å²) in [7, 11) is 0. The summed E-state index contributed by atoms with van der Waals surface area (Å²) in [6.07, 6.45) is -1.10. The average molecular weight is 503 g/mol. The van der Waals surface area contributed by atoms with Gasteiger partial charge < -0.3 is 10.6 Å². The number of hydrogen-bond donors (Lipinski definition) is 1. The Morgan fingerprint density at radius 2 is 1.80 bits per heavy atom. The highest BCUT2D eigenvalue weighted by molar-refractivity contribution is 6.30. The number of carbonyl (C=O) groups excluding carboxylic acids is 2. The second-order valence-corrected chi connectivity index (χ2v) is 9.69. The molecular formula is C25H22ClF3N4O2. The lowest BCUT2D eigenvalue weighted by Gasteiger charge is -2.48. The van der Waals surface area contributed by atoms with Gasteiger partial charge in [0.2, 0.25) is 11.8 Å². The molecule has 1 fully saturated rings. The first-order valence-corrected chi connectivity index (χ1v) is 11.5. The first kappa shape index (κ1) is 23.4. The Morgan fingerprint density at radius 3 is 2.43 bits per heavy atom. The number of rotatable bonds is 5. The summed E-state index contributed by atoms with van der Waals surface area (Å²) >= 11 is 6.10. The fraction of sp³-hybridized carbons (Fsp3) is 0.320. The quantitative estimate of drug-likeness (QED) is 0.556. The van der Waals surface area contributed by atoms with Crippen molar-refractivity contribution in [1.29, 1.82) is 0 Å². The van der Waals surface area contributed by atoms with Crippen LogP contribution in [0.15, 0.2) is 48.5 Å². The van der Waals surface area contributed by atoms with Gasteiger partial charge in [-0.2, -0.15) is 5.10 Å². The van der Waals surface area contributed by atoms with Gasteiger partial charge in [-0.25, -0.2) is 13.2 Å². The van der Waals surface area contributed by atoms with Crippen molar-refractivity contribution in [2.75, 3.05) is 6.54 Å². The van der Waals surface area contributed by atoms with E-state index >= 15 is 0 Å². The number of halogens is 4. The van der Waals surface area contributed by atoms with Crippen LogP contribution in [-0.2, 0) is 23.3 Å². The Morgan fingerprint density at radius 1 is 1.09 bits per heavy atom. The molecule has 0 spiro atoms. The highest BCUT2D eigenvalue weighted by Gasteiger charge is 2.58. The number of nitrogens with zero attached hydrogens (tertiary/aromatic N) is 3. The lowest BCUT2D eigenvalue weighted by atomic mass is 9.60. The van der Waals surface area contributed by atoms with Crippen LogP contribution in [0.1, 0.15) is 40.9 Å². The van der Waals surface area contributed by atoms with Gasteiger partial charge in [0.1, 0.15) is 11.5 Å². The molecule has 1 aliphatic heterocycles. The second-order valence-electron chi connectivity index (χ2n) is 9.26. The standard InChI is InChI=1S/C25H22ClF3N4O2/c26-17-3-1-2-15(10-17)22-21(23(30)35)19-12-32(8-9-33(19)31-22)20(34)11-24(13-25(28,29)14-24)16-4-6-18(27)7-5-16/h1-7,10H,8-9,11-14H2,(H2,30,35). The number of primary amides is 1. The first-order chi connectivity index (χ1) is 16.6. The molecule has 0 bridgehead atoms. The van der Waals surface area contributed by atoms with Crippen LogP contribution in [0.4, 0.5) is 13.2 Å². The molecular weight excluding hydrogens is 481 g/mol. The molecule has 10 heteroatoms. The minimum Gasteiger partial charge on any atom is -0.365 e. The SMILES string of the molecule is NC(=O)c1c(-c2cccc(Cl)c2)nn2c1CN(C(=O)CC1(c3ccc(F)cc3)CC(F)(F)C1)CC2. The molecule has 0 unspecified atom stereocenters. The molecule has 1 aliphatic carbocycles. The summed E-state index contributed by atoms with van der Waals surface area (Å²) in [5, 5.41) is 5.01. The first-order valence-electron chi connectivity index (χ1n) is 11.1. The predicted octanol–water partition coefficient (Wildman–Crippen LogP) is 4.54. The van der Waals surface area contributed by atoms with Crippen LogP contribution in [0.2, 0.25) is 5.02 Å². The van der Waals surface area contributed by atoms with Crippen molar-refractivity contribution in [1.82, 2.24) is 14.7 Å². The van der Waals surface area contributed by atoms with Gasteiger partial charge in [0, 0.05) is 41.8 Å². The number of benzene rings is 2. The van der Waals surface area contributed by atoms with Gasteiger partial charge in [0.25, 0.3) is 5.91 Å². The van der Waals surface area contributed by atoms with Crippen molar-refractivity contribution in [2.24, 2.45) is 5.73 Å². The fourth-order valence-electron chi connectivity index (χ4n) is 5.20. The van der Waals surface area contributed by atoms with Crippen molar-refractivity contribution in [2.45, 2.75) is 43.7 Å². The minimum absolute atomic E-state index is 0.0700. The molecule has 2 amide bonds. The van der Waals surface area contributed by atoms with Gasteiger partial charge in [-0.3, -0.25) is 14.3 Å². The van der Waals surface area contributed by atoms with Gasteiger partial charge in [-0.1, -0.05) is 35.9 Å². The van der Waals surface area contributed by atoms with E-state index in [0.29, 0.717) is 40.6 Å². The average Bonchev–Trinajstić information content (AvgIpc) is 3.17. The lowest BCUT2D eigenvalue weighted by molar-refractivity contribution is -0.150. The molecule has 0 saturated heterocycles. The Bertz CT molecular complexity index is 1310. The van der Waals surface area contributed by atoms with E-state index in [1.807, 2.05) is 0 Å². The molecule has 2 aromatic carbocycles. The molecule has 182 valence electrons. The van der Waals surface area contributed by atoms with Crippen LogP contribution < -0.4 is 5.73 Å². The summed E-state index contributed by atoms with van der Waals surface area (Å²) < 4.78 is 43.0. The number of aromatic nitrogens is 2. The number of carbonyl (C=O) groups is 2. The van der Waals surface area contributed by atoms with Gasteiger partial charge in [-0.15, -0.1) is 0 Å². The van der Waals surface area contributed by atoms with E-state index in [2.05, 4.69) is 5.10 Å². The second kappa shape index (κ2) is 8.41. The zero-order chi connectivity index (χ0) is 25.0. The minimum atomic E-state index is -2.87. The van der Waals surface area contributed by atoms with Crippen molar-refractivity contribution < 1.29 is 22.8 Å². The lowest BCUT2D eigenvalue weighted by Crippen LogP contribution is -2.52. The zero-order valence-corrected chi connectivity index (χ0v) is 19.4. The third-order valence-corrected chi connectivity index (χ3v) is 7.05. The molecule has 0 radical (unpaired) electrons. The van der Waals surface area contributed by atoms with Gasteiger partial charge in [0.15, 0.2) is 0 Å². The van der Waals surface area contributed by atoms with Crippen LogP contribution >= 0.6 is 11.6 Å².